The Labute approximate surface area is 233 Å². The highest BCUT2D eigenvalue weighted by Gasteiger charge is 2.67. The van der Waals surface area contributed by atoms with Crippen molar-refractivity contribution >= 4 is 17.7 Å². The SMILES string of the molecule is C#CCOC(=O)[C@]1(C)CC[C@]2(C)CC[C@]3(C)C4=CC=C5C(=CC(=O)C(OC(C)=O)=C5C)[C@]4(C)CC[C@@]3(C)[C@@H]2C1. The first-order valence-electron chi connectivity index (χ1n) is 14.4. The second-order valence-corrected chi connectivity index (χ2v) is 14.0. The van der Waals surface area contributed by atoms with Gasteiger partial charge in [-0.1, -0.05) is 51.3 Å². The van der Waals surface area contributed by atoms with Gasteiger partial charge < -0.3 is 9.47 Å². The predicted molar refractivity (Wildman–Crippen MR) is 150 cm³/mol. The van der Waals surface area contributed by atoms with E-state index in [1.807, 2.05) is 6.92 Å². The van der Waals surface area contributed by atoms with Crippen LogP contribution in [0.5, 0.6) is 0 Å². The molecule has 0 aliphatic heterocycles. The molecule has 0 amide bonds. The smallest absolute Gasteiger partial charge is 0.312 e. The number of terminal acetylenes is 1. The van der Waals surface area contributed by atoms with Crippen LogP contribution in [-0.4, -0.2) is 24.3 Å². The zero-order valence-corrected chi connectivity index (χ0v) is 24.6. The molecule has 3 saturated carbocycles. The van der Waals surface area contributed by atoms with Crippen molar-refractivity contribution in [1.29, 1.82) is 0 Å². The van der Waals surface area contributed by atoms with Gasteiger partial charge in [-0.05, 0) is 98.2 Å². The van der Waals surface area contributed by atoms with Crippen molar-refractivity contribution in [1.82, 2.24) is 0 Å². The Morgan fingerprint density at radius 2 is 1.72 bits per heavy atom. The topological polar surface area (TPSA) is 69.7 Å². The van der Waals surface area contributed by atoms with Gasteiger partial charge in [-0.15, -0.1) is 6.42 Å². The quantitative estimate of drug-likeness (QED) is 0.297. The molecule has 0 spiro atoms. The minimum atomic E-state index is -0.537. The molecule has 39 heavy (non-hydrogen) atoms. The first kappa shape index (κ1) is 27.7. The summed E-state index contributed by atoms with van der Waals surface area (Å²) in [5.41, 5.74) is 3.39. The number of carbonyl (C=O) groups is 3. The molecule has 0 bridgehead atoms. The van der Waals surface area contributed by atoms with E-state index in [-0.39, 0.29) is 45.8 Å². The Bertz CT molecular complexity index is 1340. The molecule has 6 atom stereocenters. The highest BCUT2D eigenvalue weighted by molar-refractivity contribution is 6.08. The van der Waals surface area contributed by atoms with Crippen LogP contribution in [0.1, 0.15) is 93.4 Å². The maximum absolute atomic E-state index is 13.2. The number of hydrogen-bond acceptors (Lipinski definition) is 5. The molecule has 0 N–H and O–H groups in total. The van der Waals surface area contributed by atoms with Crippen LogP contribution in [0.15, 0.2) is 46.3 Å². The molecule has 208 valence electrons. The Hall–Kier alpha value is -2.87. The summed E-state index contributed by atoms with van der Waals surface area (Å²) < 4.78 is 10.8. The predicted octanol–water partition coefficient (Wildman–Crippen LogP) is 6.79. The Balaban J connectivity index is 1.57. The number of fused-ring (bicyclic) bond motifs is 7. The monoisotopic (exact) mass is 530 g/mol. The van der Waals surface area contributed by atoms with E-state index in [0.29, 0.717) is 5.92 Å². The average molecular weight is 531 g/mol. The van der Waals surface area contributed by atoms with Gasteiger partial charge >= 0.3 is 11.9 Å². The Morgan fingerprint density at radius 3 is 2.38 bits per heavy atom. The summed E-state index contributed by atoms with van der Waals surface area (Å²) in [7, 11) is 0. The lowest BCUT2D eigenvalue weighted by atomic mass is 9.34. The molecule has 0 radical (unpaired) electrons. The summed E-state index contributed by atoms with van der Waals surface area (Å²) in [4.78, 5) is 38.0. The molecule has 5 aliphatic rings. The van der Waals surface area contributed by atoms with E-state index < -0.39 is 11.4 Å². The molecule has 5 nitrogen and oxygen atoms in total. The van der Waals surface area contributed by atoms with Gasteiger partial charge in [0.25, 0.3) is 0 Å². The molecule has 5 aliphatic carbocycles. The molecular weight excluding hydrogens is 488 g/mol. The van der Waals surface area contributed by atoms with Crippen molar-refractivity contribution in [2.75, 3.05) is 6.61 Å². The molecule has 5 rings (SSSR count). The third-order valence-electron chi connectivity index (χ3n) is 11.9. The van der Waals surface area contributed by atoms with Crippen LogP contribution >= 0.6 is 0 Å². The van der Waals surface area contributed by atoms with E-state index in [4.69, 9.17) is 15.9 Å². The average Bonchev–Trinajstić information content (AvgIpc) is 2.88. The van der Waals surface area contributed by atoms with Gasteiger partial charge in [0.1, 0.15) is 0 Å². The lowest BCUT2D eigenvalue weighted by Crippen LogP contribution is -2.62. The zero-order chi connectivity index (χ0) is 28.6. The van der Waals surface area contributed by atoms with Crippen molar-refractivity contribution in [3.63, 3.8) is 0 Å². The van der Waals surface area contributed by atoms with Crippen molar-refractivity contribution in [3.05, 3.63) is 46.3 Å². The van der Waals surface area contributed by atoms with E-state index in [0.717, 1.165) is 61.7 Å². The third kappa shape index (κ3) is 3.77. The van der Waals surface area contributed by atoms with Crippen LogP contribution in [0.25, 0.3) is 0 Å². The molecule has 0 saturated heterocycles. The van der Waals surface area contributed by atoms with E-state index in [9.17, 15) is 14.4 Å². The lowest BCUT2D eigenvalue weighted by Gasteiger charge is -2.70. The number of carbonyl (C=O) groups excluding carboxylic acids is 3. The number of hydrogen-bond donors (Lipinski definition) is 0. The first-order chi connectivity index (χ1) is 18.2. The van der Waals surface area contributed by atoms with Crippen molar-refractivity contribution in [3.8, 4) is 12.3 Å². The fourth-order valence-corrected chi connectivity index (χ4v) is 9.19. The maximum atomic E-state index is 13.2. The maximum Gasteiger partial charge on any atom is 0.312 e. The number of ketones is 1. The minimum Gasteiger partial charge on any atom is -0.452 e. The van der Waals surface area contributed by atoms with Gasteiger partial charge in [-0.3, -0.25) is 14.4 Å². The van der Waals surface area contributed by atoms with Crippen LogP contribution < -0.4 is 0 Å². The van der Waals surface area contributed by atoms with E-state index >= 15 is 0 Å². The summed E-state index contributed by atoms with van der Waals surface area (Å²) in [6, 6.07) is 0. The second kappa shape index (κ2) is 8.82. The Kier molecular flexibility index (Phi) is 6.26. The second-order valence-electron chi connectivity index (χ2n) is 14.0. The fraction of sp³-hybridized carbons (Fsp3) is 0.618. The molecule has 0 aromatic carbocycles. The van der Waals surface area contributed by atoms with Crippen LogP contribution in [0, 0.1) is 45.3 Å². The molecule has 0 aromatic heterocycles. The summed E-state index contributed by atoms with van der Waals surface area (Å²) in [6.45, 7) is 14.9. The fourth-order valence-electron chi connectivity index (χ4n) is 9.19. The highest BCUT2D eigenvalue weighted by atomic mass is 16.5. The zero-order valence-electron chi connectivity index (χ0n) is 24.6. The highest BCUT2D eigenvalue weighted by Crippen LogP contribution is 2.75. The van der Waals surface area contributed by atoms with Gasteiger partial charge in [0, 0.05) is 17.9 Å². The largest absolute Gasteiger partial charge is 0.452 e. The van der Waals surface area contributed by atoms with Gasteiger partial charge in [0.05, 0.1) is 5.41 Å². The van der Waals surface area contributed by atoms with Crippen LogP contribution in [0.4, 0.5) is 0 Å². The van der Waals surface area contributed by atoms with Crippen molar-refractivity contribution < 1.29 is 23.9 Å². The number of esters is 2. The molecular formula is C34H42O5. The number of allylic oxidation sites excluding steroid dienone is 7. The third-order valence-corrected chi connectivity index (χ3v) is 11.9. The van der Waals surface area contributed by atoms with E-state index in [1.54, 1.807) is 6.08 Å². The Morgan fingerprint density at radius 1 is 1.03 bits per heavy atom. The summed E-state index contributed by atoms with van der Waals surface area (Å²) >= 11 is 0. The summed E-state index contributed by atoms with van der Waals surface area (Å²) in [6.07, 6.45) is 18.3. The van der Waals surface area contributed by atoms with E-state index in [1.165, 1.54) is 12.5 Å². The van der Waals surface area contributed by atoms with E-state index in [2.05, 4.69) is 52.7 Å². The summed E-state index contributed by atoms with van der Waals surface area (Å²) in [5, 5.41) is 0. The molecule has 0 unspecified atom stereocenters. The van der Waals surface area contributed by atoms with Gasteiger partial charge in [0.2, 0.25) is 5.78 Å². The van der Waals surface area contributed by atoms with Crippen molar-refractivity contribution in [2.45, 2.75) is 93.4 Å². The van der Waals surface area contributed by atoms with Crippen LogP contribution in [-0.2, 0) is 23.9 Å². The summed E-state index contributed by atoms with van der Waals surface area (Å²) in [5.74, 6) is 2.05. The number of rotatable bonds is 3. The molecule has 5 heteroatoms. The first-order valence-corrected chi connectivity index (χ1v) is 14.4. The molecule has 0 heterocycles. The van der Waals surface area contributed by atoms with Gasteiger partial charge in [-0.25, -0.2) is 0 Å². The molecule has 0 aromatic rings. The van der Waals surface area contributed by atoms with Gasteiger partial charge in [-0.2, -0.15) is 0 Å². The van der Waals surface area contributed by atoms with Crippen molar-refractivity contribution in [2.24, 2.45) is 33.0 Å². The minimum absolute atomic E-state index is 0.0161. The standard InChI is InChI=1S/C34H42O5/c1-9-18-38-29(37)31(5)13-12-30(4)14-16-33(7)26-11-10-23-21(2)28(39-22(3)35)25(36)19-24(23)32(26,6)15-17-34(33,8)27(30)20-31/h1,10-11,19,27H,12-18,20H2,2-8H3/t27-,30-,31-,32+,33-,34+/m1/s1. The lowest BCUT2D eigenvalue weighted by molar-refractivity contribution is -0.181. The van der Waals surface area contributed by atoms with Crippen LogP contribution in [0.3, 0.4) is 0 Å². The van der Waals surface area contributed by atoms with Crippen LogP contribution in [0.2, 0.25) is 0 Å². The normalized spacial score (nSPS) is 40.9. The molecule has 3 fully saturated rings. The van der Waals surface area contributed by atoms with Gasteiger partial charge in [0.15, 0.2) is 12.4 Å². The number of ether oxygens (including phenoxy) is 2.